The highest BCUT2D eigenvalue weighted by Crippen LogP contribution is 2.15. The van der Waals surface area contributed by atoms with E-state index >= 15 is 0 Å². The molecule has 0 radical (unpaired) electrons. The molecule has 0 atom stereocenters. The van der Waals surface area contributed by atoms with Crippen LogP contribution in [0.15, 0.2) is 24.7 Å². The smallest absolute Gasteiger partial charge is 0.335 e. The summed E-state index contributed by atoms with van der Waals surface area (Å²) in [4.78, 5) is 22.3. The number of hydrogen-bond donors (Lipinski definition) is 2. The number of carboxylic acids is 1. The molecule has 6 nitrogen and oxygen atoms in total. The van der Waals surface area contributed by atoms with E-state index in [0.29, 0.717) is 5.69 Å². The van der Waals surface area contributed by atoms with Crippen molar-refractivity contribution in [3.8, 4) is 11.8 Å². The summed E-state index contributed by atoms with van der Waals surface area (Å²) in [6, 6.07) is 2.73. The molecule has 0 saturated heterocycles. The third-order valence-electron chi connectivity index (χ3n) is 2.15. The topological polar surface area (TPSA) is 102 Å². The molecule has 94 valence electrons. The molecule has 0 aliphatic carbocycles. The normalized spacial score (nSPS) is 9.53. The number of aromatic nitrogens is 3. The fourth-order valence-electron chi connectivity index (χ4n) is 1.25. The molecular weight excluding hydrogens is 268 g/mol. The van der Waals surface area contributed by atoms with Gasteiger partial charge in [0.15, 0.2) is 0 Å². The van der Waals surface area contributed by atoms with Crippen molar-refractivity contribution >= 4 is 23.4 Å². The van der Waals surface area contributed by atoms with Gasteiger partial charge in [-0.1, -0.05) is 17.5 Å². The summed E-state index contributed by atoms with van der Waals surface area (Å²) in [6.45, 7) is 0. The number of aromatic carboxylic acids is 1. The van der Waals surface area contributed by atoms with E-state index in [1.807, 2.05) is 0 Å². The molecule has 0 aliphatic heterocycles. The third kappa shape index (κ3) is 2.97. The second-order valence-electron chi connectivity index (χ2n) is 3.41. The first kappa shape index (κ1) is 12.8. The molecule has 0 saturated carbocycles. The largest absolute Gasteiger partial charge is 0.478 e. The predicted molar refractivity (Wildman–Crippen MR) is 68.6 cm³/mol. The Hall–Kier alpha value is -2.65. The van der Waals surface area contributed by atoms with Gasteiger partial charge in [0.05, 0.1) is 5.56 Å². The lowest BCUT2D eigenvalue weighted by Crippen LogP contribution is -1.98. The number of nitrogen functional groups attached to an aromatic ring is 1. The van der Waals surface area contributed by atoms with E-state index < -0.39 is 5.97 Å². The molecule has 2 aromatic heterocycles. The number of pyridine rings is 1. The number of carboxylic acid groups (broad SMARTS) is 1. The van der Waals surface area contributed by atoms with Gasteiger partial charge in [-0.3, -0.25) is 0 Å². The average Bonchev–Trinajstić information content (AvgIpc) is 2.38. The third-order valence-corrected chi connectivity index (χ3v) is 2.44. The summed E-state index contributed by atoms with van der Waals surface area (Å²) >= 11 is 5.83. The van der Waals surface area contributed by atoms with E-state index in [9.17, 15) is 4.79 Å². The summed E-state index contributed by atoms with van der Waals surface area (Å²) in [5.74, 6) is 4.45. The van der Waals surface area contributed by atoms with E-state index in [-0.39, 0.29) is 22.1 Å². The number of nitrogens with zero attached hydrogens (tertiary/aromatic N) is 3. The Morgan fingerprint density at radius 3 is 2.79 bits per heavy atom. The van der Waals surface area contributed by atoms with Crippen LogP contribution in [0.2, 0.25) is 5.15 Å². The second kappa shape index (κ2) is 5.33. The Bertz CT molecular complexity index is 686. The zero-order chi connectivity index (χ0) is 13.8. The molecule has 0 amide bonds. The maximum atomic E-state index is 10.8. The lowest BCUT2D eigenvalue weighted by Gasteiger charge is -1.97. The van der Waals surface area contributed by atoms with Crippen LogP contribution in [0.25, 0.3) is 0 Å². The van der Waals surface area contributed by atoms with Gasteiger partial charge < -0.3 is 10.8 Å². The van der Waals surface area contributed by atoms with Crippen LogP contribution < -0.4 is 5.73 Å². The van der Waals surface area contributed by atoms with E-state index in [2.05, 4.69) is 26.8 Å². The van der Waals surface area contributed by atoms with Gasteiger partial charge in [0.1, 0.15) is 28.6 Å². The number of anilines is 1. The van der Waals surface area contributed by atoms with Gasteiger partial charge in [-0.15, -0.1) is 0 Å². The summed E-state index contributed by atoms with van der Waals surface area (Å²) < 4.78 is 0. The highest BCUT2D eigenvalue weighted by atomic mass is 35.5. The molecule has 2 aromatic rings. The number of rotatable bonds is 1. The summed E-state index contributed by atoms with van der Waals surface area (Å²) in [6.07, 6.45) is 2.59. The molecule has 19 heavy (non-hydrogen) atoms. The molecule has 2 rings (SSSR count). The molecule has 2 heterocycles. The summed E-state index contributed by atoms with van der Waals surface area (Å²) in [5, 5.41) is 8.98. The lowest BCUT2D eigenvalue weighted by molar-refractivity contribution is 0.0696. The molecule has 7 heteroatoms. The van der Waals surface area contributed by atoms with Crippen LogP contribution in [-0.2, 0) is 0 Å². The van der Waals surface area contributed by atoms with E-state index in [4.69, 9.17) is 22.4 Å². The van der Waals surface area contributed by atoms with Crippen molar-refractivity contribution < 1.29 is 9.90 Å². The standard InChI is InChI=1S/C12H7ClN4O2/c13-10-9(11(14)17-6-16-10)2-1-8-5-7(12(18)19)3-4-15-8/h3-6H,(H,18,19)(H2,14,16,17). The summed E-state index contributed by atoms with van der Waals surface area (Å²) in [7, 11) is 0. The van der Waals surface area contributed by atoms with Gasteiger partial charge in [0.25, 0.3) is 0 Å². The Labute approximate surface area is 113 Å². The number of hydrogen-bond acceptors (Lipinski definition) is 5. The van der Waals surface area contributed by atoms with Gasteiger partial charge in [-0.25, -0.2) is 19.7 Å². The first-order valence-corrected chi connectivity index (χ1v) is 5.43. The Morgan fingerprint density at radius 1 is 1.32 bits per heavy atom. The van der Waals surface area contributed by atoms with Crippen LogP contribution in [0.4, 0.5) is 5.82 Å². The Morgan fingerprint density at radius 2 is 2.11 bits per heavy atom. The fraction of sp³-hybridized carbons (Fsp3) is 0. The quantitative estimate of drug-likeness (QED) is 0.598. The van der Waals surface area contributed by atoms with Crippen LogP contribution in [-0.4, -0.2) is 26.0 Å². The van der Waals surface area contributed by atoms with Crippen molar-refractivity contribution in [3.05, 3.63) is 46.6 Å². The van der Waals surface area contributed by atoms with Gasteiger partial charge in [-0.2, -0.15) is 0 Å². The number of nitrogens with two attached hydrogens (primary N) is 1. The van der Waals surface area contributed by atoms with Crippen molar-refractivity contribution in [3.63, 3.8) is 0 Å². The van der Waals surface area contributed by atoms with Crippen LogP contribution in [0, 0.1) is 11.8 Å². The van der Waals surface area contributed by atoms with Crippen LogP contribution in [0.3, 0.4) is 0 Å². The second-order valence-corrected chi connectivity index (χ2v) is 3.77. The monoisotopic (exact) mass is 274 g/mol. The van der Waals surface area contributed by atoms with Gasteiger partial charge in [0.2, 0.25) is 0 Å². The molecule has 0 bridgehead atoms. The Balaban J connectivity index is 2.39. The zero-order valence-electron chi connectivity index (χ0n) is 9.46. The fourth-order valence-corrected chi connectivity index (χ4v) is 1.44. The van der Waals surface area contributed by atoms with Gasteiger partial charge >= 0.3 is 5.97 Å². The molecule has 3 N–H and O–H groups in total. The van der Waals surface area contributed by atoms with Crippen LogP contribution in [0.5, 0.6) is 0 Å². The van der Waals surface area contributed by atoms with E-state index in [0.717, 1.165) is 0 Å². The zero-order valence-corrected chi connectivity index (χ0v) is 10.2. The van der Waals surface area contributed by atoms with Crippen molar-refractivity contribution in [2.45, 2.75) is 0 Å². The minimum Gasteiger partial charge on any atom is -0.478 e. The van der Waals surface area contributed by atoms with Crippen molar-refractivity contribution in [2.75, 3.05) is 5.73 Å². The van der Waals surface area contributed by atoms with Crippen molar-refractivity contribution in [2.24, 2.45) is 0 Å². The molecule has 0 spiro atoms. The molecule has 0 unspecified atom stereocenters. The van der Waals surface area contributed by atoms with Crippen molar-refractivity contribution in [1.29, 1.82) is 0 Å². The maximum Gasteiger partial charge on any atom is 0.335 e. The first-order chi connectivity index (χ1) is 9.08. The van der Waals surface area contributed by atoms with Gasteiger partial charge in [0, 0.05) is 6.20 Å². The Kier molecular flexibility index (Phi) is 3.59. The molecule has 0 fully saturated rings. The number of carbonyl (C=O) groups is 1. The average molecular weight is 275 g/mol. The highest BCUT2D eigenvalue weighted by molar-refractivity contribution is 6.30. The van der Waals surface area contributed by atoms with E-state index in [1.54, 1.807) is 0 Å². The summed E-state index contributed by atoms with van der Waals surface area (Å²) in [5.41, 5.74) is 6.29. The SMILES string of the molecule is Nc1ncnc(Cl)c1C#Cc1cc(C(=O)O)ccn1. The molecule has 0 aromatic carbocycles. The minimum absolute atomic E-state index is 0.0997. The van der Waals surface area contributed by atoms with Gasteiger partial charge in [-0.05, 0) is 18.1 Å². The first-order valence-electron chi connectivity index (χ1n) is 5.05. The predicted octanol–water partition coefficient (Wildman–Crippen LogP) is 1.21. The minimum atomic E-state index is -1.05. The highest BCUT2D eigenvalue weighted by Gasteiger charge is 2.05. The van der Waals surface area contributed by atoms with Crippen LogP contribution >= 0.6 is 11.6 Å². The molecule has 0 aliphatic rings. The van der Waals surface area contributed by atoms with E-state index in [1.165, 1.54) is 24.7 Å². The lowest BCUT2D eigenvalue weighted by atomic mass is 10.2. The maximum absolute atomic E-state index is 10.8. The molecular formula is C12H7ClN4O2. The van der Waals surface area contributed by atoms with Crippen molar-refractivity contribution in [1.82, 2.24) is 15.0 Å². The number of halogens is 1. The van der Waals surface area contributed by atoms with Crippen LogP contribution in [0.1, 0.15) is 21.6 Å².